The molecule has 0 amide bonds. The molecule has 4 heteroatoms. The average molecular weight is 351 g/mol. The predicted octanol–water partition coefficient (Wildman–Crippen LogP) is 3.24. The largest absolute Gasteiger partial charge is 0.241 e. The first-order valence-electron chi connectivity index (χ1n) is 8.52. The molecule has 1 aromatic heterocycles. The van der Waals surface area contributed by atoms with Gasteiger partial charge in [-0.05, 0) is 17.3 Å². The Morgan fingerprint density at radius 1 is 0.750 bits per heavy atom. The molecule has 3 rings (SSSR count). The first kappa shape index (κ1) is 16.9. The van der Waals surface area contributed by atoms with E-state index in [-0.39, 0.29) is 0 Å². The SMILES string of the molecule is C[Si](C)(C)c1cn(-c2ccccc2)nc1[Si](C)(C)c1ccccc1. The fourth-order valence-electron chi connectivity index (χ4n) is 3.09. The highest BCUT2D eigenvalue weighted by Crippen LogP contribution is 2.11. The maximum Gasteiger partial charge on any atom is 0.137 e. The quantitative estimate of drug-likeness (QED) is 0.661. The Morgan fingerprint density at radius 2 is 1.29 bits per heavy atom. The molecule has 1 heterocycles. The van der Waals surface area contributed by atoms with E-state index in [2.05, 4.69) is 104 Å². The van der Waals surface area contributed by atoms with Crippen molar-refractivity contribution >= 4 is 31.8 Å². The lowest BCUT2D eigenvalue weighted by Crippen LogP contribution is -2.62. The summed E-state index contributed by atoms with van der Waals surface area (Å²) in [5.41, 5.74) is 1.14. The van der Waals surface area contributed by atoms with E-state index >= 15 is 0 Å². The van der Waals surface area contributed by atoms with Gasteiger partial charge in [0, 0.05) is 11.5 Å². The number of para-hydroxylation sites is 1. The van der Waals surface area contributed by atoms with E-state index in [1.807, 2.05) is 0 Å². The fourth-order valence-corrected chi connectivity index (χ4v) is 8.82. The Kier molecular flexibility index (Phi) is 4.36. The van der Waals surface area contributed by atoms with Crippen molar-refractivity contribution in [3.05, 3.63) is 66.9 Å². The van der Waals surface area contributed by atoms with Crippen LogP contribution in [0.4, 0.5) is 0 Å². The first-order valence-corrected chi connectivity index (χ1v) is 15.0. The van der Waals surface area contributed by atoms with Crippen LogP contribution >= 0.6 is 0 Å². The van der Waals surface area contributed by atoms with Crippen molar-refractivity contribution in [3.8, 4) is 5.69 Å². The summed E-state index contributed by atoms with van der Waals surface area (Å²) in [6.45, 7) is 12.1. The zero-order valence-corrected chi connectivity index (χ0v) is 17.2. The first-order chi connectivity index (χ1) is 11.3. The molecule has 2 aromatic carbocycles. The molecule has 124 valence electrons. The smallest absolute Gasteiger partial charge is 0.137 e. The van der Waals surface area contributed by atoms with Gasteiger partial charge in [-0.15, -0.1) is 0 Å². The van der Waals surface area contributed by atoms with Gasteiger partial charge < -0.3 is 0 Å². The number of rotatable bonds is 4. The molecule has 0 N–H and O–H groups in total. The van der Waals surface area contributed by atoms with E-state index in [1.165, 1.54) is 15.7 Å². The van der Waals surface area contributed by atoms with Crippen LogP contribution in [-0.2, 0) is 0 Å². The second kappa shape index (κ2) is 6.18. The monoisotopic (exact) mass is 350 g/mol. The van der Waals surface area contributed by atoms with Crippen LogP contribution in [0.5, 0.6) is 0 Å². The molecule has 0 aliphatic carbocycles. The normalized spacial score (nSPS) is 12.4. The number of aromatic nitrogens is 2. The third kappa shape index (κ3) is 3.16. The molecule has 0 aliphatic rings. The number of nitrogens with zero attached hydrogens (tertiary/aromatic N) is 2. The van der Waals surface area contributed by atoms with E-state index in [0.29, 0.717) is 0 Å². The molecule has 0 saturated carbocycles. The van der Waals surface area contributed by atoms with Crippen molar-refractivity contribution in [3.63, 3.8) is 0 Å². The van der Waals surface area contributed by atoms with E-state index in [9.17, 15) is 0 Å². The number of hydrogen-bond acceptors (Lipinski definition) is 1. The average Bonchev–Trinajstić information content (AvgIpc) is 3.03. The van der Waals surface area contributed by atoms with Crippen LogP contribution in [-0.4, -0.2) is 25.9 Å². The molecule has 0 unspecified atom stereocenters. The highest BCUT2D eigenvalue weighted by Gasteiger charge is 2.35. The van der Waals surface area contributed by atoms with Crippen LogP contribution in [0.1, 0.15) is 0 Å². The molecule has 0 fully saturated rings. The van der Waals surface area contributed by atoms with Gasteiger partial charge in [0.05, 0.1) is 13.8 Å². The minimum absolute atomic E-state index is 1.14. The molecule has 2 nitrogen and oxygen atoms in total. The lowest BCUT2D eigenvalue weighted by molar-refractivity contribution is 0.890. The van der Waals surface area contributed by atoms with Gasteiger partial charge in [0.2, 0.25) is 0 Å². The maximum absolute atomic E-state index is 5.11. The standard InChI is InChI=1S/C20H26N2Si2/c1-23(2,3)19-16-22(17-12-8-6-9-13-17)21-20(19)24(4,5)18-14-10-7-11-15-18/h6-16H,1-5H3. The fraction of sp³-hybridized carbons (Fsp3) is 0.250. The summed E-state index contributed by atoms with van der Waals surface area (Å²) in [5, 5.41) is 9.39. The summed E-state index contributed by atoms with van der Waals surface area (Å²) in [7, 11) is -3.30. The topological polar surface area (TPSA) is 17.8 Å². The zero-order valence-electron chi connectivity index (χ0n) is 15.2. The molecule has 0 spiro atoms. The minimum Gasteiger partial charge on any atom is -0.241 e. The van der Waals surface area contributed by atoms with E-state index in [0.717, 1.165) is 5.69 Å². The van der Waals surface area contributed by atoms with Gasteiger partial charge in [-0.2, -0.15) is 5.10 Å². The summed E-state index contributed by atoms with van der Waals surface area (Å²) in [6, 6.07) is 21.4. The van der Waals surface area contributed by atoms with Crippen molar-refractivity contribution < 1.29 is 0 Å². The van der Waals surface area contributed by atoms with Gasteiger partial charge in [-0.25, -0.2) is 4.68 Å². The van der Waals surface area contributed by atoms with E-state index in [4.69, 9.17) is 5.10 Å². The molecule has 3 aromatic rings. The Hall–Kier alpha value is -1.92. The third-order valence-corrected chi connectivity index (χ3v) is 10.2. The lowest BCUT2D eigenvalue weighted by atomic mass is 10.3. The highest BCUT2D eigenvalue weighted by atomic mass is 28.3. The van der Waals surface area contributed by atoms with Gasteiger partial charge in [-0.1, -0.05) is 86.5 Å². The molecule has 0 atom stereocenters. The number of hydrogen-bond donors (Lipinski definition) is 0. The van der Waals surface area contributed by atoms with Gasteiger partial charge >= 0.3 is 0 Å². The molecular formula is C20H26N2Si2. The van der Waals surface area contributed by atoms with Crippen molar-refractivity contribution in [2.45, 2.75) is 32.7 Å². The van der Waals surface area contributed by atoms with Crippen LogP contribution in [0.25, 0.3) is 5.69 Å². The molecule has 24 heavy (non-hydrogen) atoms. The molecule has 0 radical (unpaired) electrons. The van der Waals surface area contributed by atoms with E-state index < -0.39 is 16.1 Å². The summed E-state index contributed by atoms with van der Waals surface area (Å²) in [5.74, 6) is 0. The summed E-state index contributed by atoms with van der Waals surface area (Å²) in [4.78, 5) is 0. The summed E-state index contributed by atoms with van der Waals surface area (Å²) < 4.78 is 2.08. The van der Waals surface area contributed by atoms with Crippen LogP contribution < -0.4 is 15.7 Å². The molecule has 0 saturated heterocycles. The van der Waals surface area contributed by atoms with Crippen LogP contribution in [0.2, 0.25) is 32.7 Å². The summed E-state index contributed by atoms with van der Waals surface area (Å²) in [6.07, 6.45) is 2.29. The molecular weight excluding hydrogens is 324 g/mol. The molecule has 0 bridgehead atoms. The predicted molar refractivity (Wildman–Crippen MR) is 110 cm³/mol. The maximum atomic E-state index is 5.11. The second-order valence-electron chi connectivity index (χ2n) is 7.91. The van der Waals surface area contributed by atoms with Gasteiger partial charge in [0.1, 0.15) is 8.07 Å². The van der Waals surface area contributed by atoms with Crippen molar-refractivity contribution in [1.82, 2.24) is 9.78 Å². The van der Waals surface area contributed by atoms with Gasteiger partial charge in [-0.3, -0.25) is 0 Å². The van der Waals surface area contributed by atoms with Crippen molar-refractivity contribution in [2.75, 3.05) is 0 Å². The van der Waals surface area contributed by atoms with Crippen molar-refractivity contribution in [2.24, 2.45) is 0 Å². The Labute approximate surface area is 147 Å². The summed E-state index contributed by atoms with van der Waals surface area (Å²) >= 11 is 0. The minimum atomic E-state index is -1.82. The van der Waals surface area contributed by atoms with E-state index in [1.54, 1.807) is 0 Å². The second-order valence-corrected chi connectivity index (χ2v) is 17.3. The van der Waals surface area contributed by atoms with Crippen molar-refractivity contribution in [1.29, 1.82) is 0 Å². The van der Waals surface area contributed by atoms with Gasteiger partial charge in [0.15, 0.2) is 0 Å². The highest BCUT2D eigenvalue weighted by molar-refractivity contribution is 7.04. The Morgan fingerprint density at radius 3 is 1.83 bits per heavy atom. The Bertz CT molecular complexity index is 816. The van der Waals surface area contributed by atoms with Crippen LogP contribution in [0.15, 0.2) is 66.9 Å². The van der Waals surface area contributed by atoms with Crippen LogP contribution in [0.3, 0.4) is 0 Å². The molecule has 0 aliphatic heterocycles. The number of benzene rings is 2. The Balaban J connectivity index is 2.18. The van der Waals surface area contributed by atoms with Gasteiger partial charge in [0.25, 0.3) is 0 Å². The lowest BCUT2D eigenvalue weighted by Gasteiger charge is -2.26. The van der Waals surface area contributed by atoms with Crippen LogP contribution in [0, 0.1) is 0 Å². The zero-order chi connectivity index (χ0) is 17.4. The third-order valence-electron chi connectivity index (χ3n) is 4.63.